The summed E-state index contributed by atoms with van der Waals surface area (Å²) in [5.41, 5.74) is 0.496. The van der Waals surface area contributed by atoms with Gasteiger partial charge < -0.3 is 15.2 Å². The number of ether oxygens (including phenoxy) is 1. The molecule has 1 saturated carbocycles. The van der Waals surface area contributed by atoms with Crippen LogP contribution in [0.4, 0.5) is 4.79 Å². The number of amides is 1. The van der Waals surface area contributed by atoms with Gasteiger partial charge in [0.2, 0.25) is 0 Å². The van der Waals surface area contributed by atoms with Gasteiger partial charge in [0.25, 0.3) is 0 Å². The van der Waals surface area contributed by atoms with Crippen LogP contribution in [0.1, 0.15) is 39.2 Å². The first-order valence-electron chi connectivity index (χ1n) is 8.20. The van der Waals surface area contributed by atoms with Gasteiger partial charge in [-0.15, -0.1) is 0 Å². The number of carbonyl (C=O) groups is 1. The van der Waals surface area contributed by atoms with Gasteiger partial charge in [-0.05, 0) is 39.2 Å². The molecule has 1 amide bonds. The Morgan fingerprint density at radius 2 is 1.96 bits per heavy atom. The van der Waals surface area contributed by atoms with Gasteiger partial charge in [-0.2, -0.15) is 0 Å². The average Bonchev–Trinajstić information content (AvgIpc) is 3.17. The zero-order chi connectivity index (χ0) is 16.9. The second-order valence-corrected chi connectivity index (χ2v) is 7.33. The number of aliphatic hydroxyl groups is 1. The largest absolute Gasteiger partial charge is 0.444 e. The zero-order valence-electron chi connectivity index (χ0n) is 14.3. The van der Waals surface area contributed by atoms with Gasteiger partial charge in [-0.25, -0.2) is 4.79 Å². The van der Waals surface area contributed by atoms with Gasteiger partial charge in [0.05, 0.1) is 12.1 Å². The minimum Gasteiger partial charge on any atom is -0.444 e. The molecule has 0 atom stereocenters. The second kappa shape index (κ2) is 7.32. The molecule has 1 fully saturated rings. The summed E-state index contributed by atoms with van der Waals surface area (Å²) in [6, 6.07) is 10.2. The van der Waals surface area contributed by atoms with Crippen LogP contribution in [0.25, 0.3) is 0 Å². The van der Waals surface area contributed by atoms with E-state index in [1.54, 1.807) is 0 Å². The van der Waals surface area contributed by atoms with Crippen molar-refractivity contribution in [2.24, 2.45) is 0 Å². The van der Waals surface area contributed by atoms with Crippen molar-refractivity contribution in [2.75, 3.05) is 19.7 Å². The molecule has 5 nitrogen and oxygen atoms in total. The van der Waals surface area contributed by atoms with E-state index < -0.39 is 5.60 Å². The lowest BCUT2D eigenvalue weighted by molar-refractivity contribution is 0.0477. The first-order chi connectivity index (χ1) is 10.8. The second-order valence-electron chi connectivity index (χ2n) is 7.33. The van der Waals surface area contributed by atoms with Crippen molar-refractivity contribution < 1.29 is 14.6 Å². The summed E-state index contributed by atoms with van der Waals surface area (Å²) < 4.78 is 5.36. The fourth-order valence-corrected chi connectivity index (χ4v) is 2.62. The van der Waals surface area contributed by atoms with E-state index in [9.17, 15) is 9.90 Å². The molecule has 0 aromatic heterocycles. The summed E-state index contributed by atoms with van der Waals surface area (Å²) in [6.07, 6.45) is 1.53. The van der Waals surface area contributed by atoms with Gasteiger partial charge in [0.15, 0.2) is 0 Å². The van der Waals surface area contributed by atoms with E-state index in [0.29, 0.717) is 6.54 Å². The van der Waals surface area contributed by atoms with Crippen LogP contribution in [-0.4, -0.2) is 46.9 Å². The Balaban J connectivity index is 1.92. The van der Waals surface area contributed by atoms with Crippen molar-refractivity contribution in [2.45, 2.75) is 51.3 Å². The average molecular weight is 320 g/mol. The van der Waals surface area contributed by atoms with Gasteiger partial charge in [0.1, 0.15) is 5.60 Å². The Hall–Kier alpha value is -1.59. The fraction of sp³-hybridized carbons (Fsp3) is 0.611. The molecule has 0 heterocycles. The number of aliphatic hydroxyl groups excluding tert-OH is 1. The van der Waals surface area contributed by atoms with E-state index in [1.807, 2.05) is 39.0 Å². The van der Waals surface area contributed by atoms with Crippen LogP contribution in [-0.2, 0) is 11.3 Å². The molecule has 1 aromatic carbocycles. The number of alkyl carbamates (subject to hydrolysis) is 1. The Morgan fingerprint density at radius 3 is 2.48 bits per heavy atom. The SMILES string of the molecule is CC(C)(C)OC(=O)NC1(CN(CCO)Cc2ccccc2)CC1. The van der Waals surface area contributed by atoms with Crippen LogP contribution < -0.4 is 5.32 Å². The molecule has 0 bridgehead atoms. The summed E-state index contributed by atoms with van der Waals surface area (Å²) in [6.45, 7) is 7.77. The first kappa shape index (κ1) is 17.8. The normalized spacial score (nSPS) is 16.2. The van der Waals surface area contributed by atoms with E-state index in [2.05, 4.69) is 22.3 Å². The Kier molecular flexibility index (Phi) is 5.65. The van der Waals surface area contributed by atoms with Crippen LogP contribution in [0.5, 0.6) is 0 Å². The summed E-state index contributed by atoms with van der Waals surface area (Å²) in [5.74, 6) is 0. The van der Waals surface area contributed by atoms with Crippen molar-refractivity contribution in [1.82, 2.24) is 10.2 Å². The molecule has 1 aliphatic carbocycles. The molecule has 1 aliphatic rings. The summed E-state index contributed by atoms with van der Waals surface area (Å²) in [5, 5.41) is 12.3. The summed E-state index contributed by atoms with van der Waals surface area (Å²) >= 11 is 0. The van der Waals surface area contributed by atoms with Crippen molar-refractivity contribution in [3.63, 3.8) is 0 Å². The van der Waals surface area contributed by atoms with Crippen LogP contribution >= 0.6 is 0 Å². The molecule has 23 heavy (non-hydrogen) atoms. The van der Waals surface area contributed by atoms with Crippen molar-refractivity contribution >= 4 is 6.09 Å². The molecule has 0 spiro atoms. The highest BCUT2D eigenvalue weighted by molar-refractivity contribution is 5.69. The lowest BCUT2D eigenvalue weighted by Gasteiger charge is -2.29. The predicted molar refractivity (Wildman–Crippen MR) is 90.1 cm³/mol. The number of rotatable bonds is 7. The highest BCUT2D eigenvalue weighted by Crippen LogP contribution is 2.36. The minimum atomic E-state index is -0.491. The maximum absolute atomic E-state index is 12.0. The molecule has 1 aromatic rings. The van der Waals surface area contributed by atoms with E-state index in [4.69, 9.17) is 4.74 Å². The monoisotopic (exact) mass is 320 g/mol. The quantitative estimate of drug-likeness (QED) is 0.810. The van der Waals surface area contributed by atoms with E-state index >= 15 is 0 Å². The number of hydrogen-bond donors (Lipinski definition) is 2. The molecule has 128 valence electrons. The minimum absolute atomic E-state index is 0.106. The van der Waals surface area contributed by atoms with Crippen LogP contribution in [0, 0.1) is 0 Å². The first-order valence-corrected chi connectivity index (χ1v) is 8.20. The molecular formula is C18H28N2O3. The third-order valence-corrected chi connectivity index (χ3v) is 3.81. The van der Waals surface area contributed by atoms with Gasteiger partial charge in [-0.3, -0.25) is 4.90 Å². The predicted octanol–water partition coefficient (Wildman–Crippen LogP) is 2.54. The summed E-state index contributed by atoms with van der Waals surface area (Å²) in [7, 11) is 0. The smallest absolute Gasteiger partial charge is 0.408 e. The fourth-order valence-electron chi connectivity index (χ4n) is 2.62. The lowest BCUT2D eigenvalue weighted by atomic mass is 10.2. The van der Waals surface area contributed by atoms with E-state index in [0.717, 1.165) is 25.9 Å². The zero-order valence-corrected chi connectivity index (χ0v) is 14.3. The van der Waals surface area contributed by atoms with Crippen LogP contribution in [0.3, 0.4) is 0 Å². The maximum atomic E-state index is 12.0. The van der Waals surface area contributed by atoms with E-state index in [1.165, 1.54) is 5.56 Å². The van der Waals surface area contributed by atoms with Crippen molar-refractivity contribution in [1.29, 1.82) is 0 Å². The number of hydrogen-bond acceptors (Lipinski definition) is 4. The number of nitrogens with zero attached hydrogens (tertiary/aromatic N) is 1. The summed E-state index contributed by atoms with van der Waals surface area (Å²) in [4.78, 5) is 14.2. The number of benzene rings is 1. The number of carbonyl (C=O) groups excluding carboxylic acids is 1. The van der Waals surface area contributed by atoms with Gasteiger partial charge in [0, 0.05) is 19.6 Å². The highest BCUT2D eigenvalue weighted by atomic mass is 16.6. The third kappa shape index (κ3) is 6.20. The third-order valence-electron chi connectivity index (χ3n) is 3.81. The Labute approximate surface area is 138 Å². The lowest BCUT2D eigenvalue weighted by Crippen LogP contribution is -2.47. The standard InChI is InChI=1S/C18H28N2O3/c1-17(2,3)23-16(22)19-18(9-10-18)14-20(11-12-21)13-15-7-5-4-6-8-15/h4-8,21H,9-14H2,1-3H3,(H,19,22). The molecule has 0 radical (unpaired) electrons. The van der Waals surface area contributed by atoms with Gasteiger partial charge in [-0.1, -0.05) is 30.3 Å². The van der Waals surface area contributed by atoms with Gasteiger partial charge >= 0.3 is 6.09 Å². The Bertz CT molecular complexity index is 507. The van der Waals surface area contributed by atoms with Crippen LogP contribution in [0.15, 0.2) is 30.3 Å². The van der Waals surface area contributed by atoms with E-state index in [-0.39, 0.29) is 18.2 Å². The Morgan fingerprint density at radius 1 is 1.30 bits per heavy atom. The topological polar surface area (TPSA) is 61.8 Å². The highest BCUT2D eigenvalue weighted by Gasteiger charge is 2.46. The number of nitrogens with one attached hydrogen (secondary N) is 1. The maximum Gasteiger partial charge on any atom is 0.408 e. The molecule has 0 aliphatic heterocycles. The molecule has 2 N–H and O–H groups in total. The molecular weight excluding hydrogens is 292 g/mol. The molecule has 5 heteroatoms. The van der Waals surface area contributed by atoms with Crippen molar-refractivity contribution in [3.05, 3.63) is 35.9 Å². The van der Waals surface area contributed by atoms with Crippen LogP contribution in [0.2, 0.25) is 0 Å². The molecule has 0 unspecified atom stereocenters. The van der Waals surface area contributed by atoms with Crippen molar-refractivity contribution in [3.8, 4) is 0 Å². The molecule has 0 saturated heterocycles. The molecule has 2 rings (SSSR count).